The van der Waals surface area contributed by atoms with Crippen molar-refractivity contribution in [3.8, 4) is 0 Å². The zero-order valence-corrected chi connectivity index (χ0v) is 12.6. The molecule has 1 aromatic rings. The smallest absolute Gasteiger partial charge is 0.316 e. The number of urea groups is 1. The van der Waals surface area contributed by atoms with E-state index in [1.165, 1.54) is 12.1 Å². The molecule has 0 fully saturated rings. The molecule has 24 heavy (non-hydrogen) atoms. The fourth-order valence-corrected chi connectivity index (χ4v) is 1.86. The summed E-state index contributed by atoms with van der Waals surface area (Å²) >= 11 is 0. The fourth-order valence-electron chi connectivity index (χ4n) is 1.47. The third-order valence-electron chi connectivity index (χ3n) is 2.88. The van der Waals surface area contributed by atoms with Gasteiger partial charge in [0.05, 0.1) is 11.4 Å². The van der Waals surface area contributed by atoms with Crippen LogP contribution in [-0.2, 0) is 10.9 Å². The second-order valence-corrected chi connectivity index (χ2v) is 5.35. The van der Waals surface area contributed by atoms with E-state index in [1.807, 2.05) is 4.72 Å². The molecule has 6 nitrogen and oxygen atoms in total. The summed E-state index contributed by atoms with van der Waals surface area (Å²) < 4.78 is 99.2. The Bertz CT molecular complexity index is 664. The van der Waals surface area contributed by atoms with E-state index >= 15 is 0 Å². The van der Waals surface area contributed by atoms with Gasteiger partial charge in [0.25, 0.3) is 0 Å². The van der Waals surface area contributed by atoms with E-state index in [0.29, 0.717) is 0 Å². The Morgan fingerprint density at radius 1 is 0.958 bits per heavy atom. The highest BCUT2D eigenvalue weighted by Gasteiger charge is 2.68. The van der Waals surface area contributed by atoms with Crippen molar-refractivity contribution in [1.82, 2.24) is 5.32 Å². The molecule has 0 saturated heterocycles. The van der Waals surface area contributed by atoms with E-state index in [1.54, 1.807) is 5.32 Å². The van der Waals surface area contributed by atoms with Crippen LogP contribution in [0.3, 0.4) is 0 Å². The molecule has 0 aliphatic carbocycles. The number of para-hydroxylation sites is 2. The van der Waals surface area contributed by atoms with Crippen LogP contribution in [0.4, 0.5) is 42.5 Å². The van der Waals surface area contributed by atoms with Crippen LogP contribution < -0.4 is 15.4 Å². The molecule has 0 aliphatic heterocycles. The lowest BCUT2D eigenvalue weighted by Crippen LogP contribution is -2.66. The Hall–Kier alpha value is -2.18. The lowest BCUT2D eigenvalue weighted by atomic mass is 10.0. The molecule has 2 amide bonds. The Morgan fingerprint density at radius 3 is 1.83 bits per heavy atom. The standard InChI is InChI=1S/C11H11F6N3O3S/c1-9(10(12,13)14,11(15,16)17)19-8(21)18-6-4-2-3-5-7(6)20-24(22)23/h2-5,24H,1H3,(H2,18,19,21)(H,20,22,23). The Kier molecular flexibility index (Phi) is 5.58. The minimum atomic E-state index is -5.81. The second-order valence-electron chi connectivity index (χ2n) is 4.61. The molecule has 0 saturated carbocycles. The van der Waals surface area contributed by atoms with Gasteiger partial charge in [-0.2, -0.15) is 26.3 Å². The van der Waals surface area contributed by atoms with Crippen LogP contribution >= 0.6 is 0 Å². The van der Waals surface area contributed by atoms with Crippen LogP contribution in [0, 0.1) is 0 Å². The highest BCUT2D eigenvalue weighted by atomic mass is 32.2. The lowest BCUT2D eigenvalue weighted by molar-refractivity contribution is -0.297. The van der Waals surface area contributed by atoms with Gasteiger partial charge in [-0.3, -0.25) is 4.72 Å². The first kappa shape index (κ1) is 19.9. The van der Waals surface area contributed by atoms with E-state index in [-0.39, 0.29) is 18.3 Å². The first-order chi connectivity index (χ1) is 10.8. The monoisotopic (exact) mass is 379 g/mol. The minimum absolute atomic E-state index is 0.231. The van der Waals surface area contributed by atoms with Crippen LogP contribution in [-0.4, -0.2) is 32.3 Å². The molecule has 3 N–H and O–H groups in total. The quantitative estimate of drug-likeness (QED) is 0.479. The van der Waals surface area contributed by atoms with Crippen molar-refractivity contribution in [3.63, 3.8) is 0 Å². The zero-order valence-electron chi connectivity index (χ0n) is 11.7. The number of benzene rings is 1. The molecule has 136 valence electrons. The average Bonchev–Trinajstić information content (AvgIpc) is 2.37. The summed E-state index contributed by atoms with van der Waals surface area (Å²) in [5.41, 5.74) is -5.05. The Labute approximate surface area is 133 Å². The number of amides is 2. The van der Waals surface area contributed by atoms with E-state index in [9.17, 15) is 39.6 Å². The predicted molar refractivity (Wildman–Crippen MR) is 73.0 cm³/mol. The number of nitrogens with one attached hydrogen (secondary N) is 3. The molecular weight excluding hydrogens is 368 g/mol. The molecule has 1 rings (SSSR count). The number of hydrogen-bond acceptors (Lipinski definition) is 3. The first-order valence-corrected chi connectivity index (χ1v) is 7.18. The molecule has 0 aromatic heterocycles. The molecule has 0 unspecified atom stereocenters. The summed E-state index contributed by atoms with van der Waals surface area (Å²) in [6, 6.07) is 3.03. The number of anilines is 2. The lowest BCUT2D eigenvalue weighted by Gasteiger charge is -2.34. The van der Waals surface area contributed by atoms with Gasteiger partial charge in [0.15, 0.2) is 0 Å². The van der Waals surface area contributed by atoms with Gasteiger partial charge in [-0.15, -0.1) is 0 Å². The maximum atomic E-state index is 12.7. The van der Waals surface area contributed by atoms with E-state index in [0.717, 1.165) is 17.4 Å². The predicted octanol–water partition coefficient (Wildman–Crippen LogP) is 2.63. The van der Waals surface area contributed by atoms with E-state index in [4.69, 9.17) is 0 Å². The number of alkyl halides is 6. The van der Waals surface area contributed by atoms with Crippen molar-refractivity contribution < 1.29 is 39.6 Å². The molecule has 0 aliphatic rings. The van der Waals surface area contributed by atoms with Crippen LogP contribution in [0.25, 0.3) is 0 Å². The van der Waals surface area contributed by atoms with Crippen LogP contribution in [0.5, 0.6) is 0 Å². The summed E-state index contributed by atoms with van der Waals surface area (Å²) in [6.07, 6.45) is -11.6. The summed E-state index contributed by atoms with van der Waals surface area (Å²) in [6.45, 7) is -0.231. The molecular formula is C11H11F6N3O3S. The number of carbonyl (C=O) groups is 1. The second kappa shape index (κ2) is 6.75. The zero-order chi connectivity index (χ0) is 18.8. The average molecular weight is 379 g/mol. The molecule has 13 heteroatoms. The van der Waals surface area contributed by atoms with Crippen LogP contribution in [0.1, 0.15) is 6.92 Å². The minimum Gasteiger partial charge on any atom is -0.316 e. The molecule has 0 bridgehead atoms. The highest BCUT2D eigenvalue weighted by Crippen LogP contribution is 2.42. The van der Waals surface area contributed by atoms with Gasteiger partial charge >= 0.3 is 18.4 Å². The van der Waals surface area contributed by atoms with Gasteiger partial charge in [0.1, 0.15) is 0 Å². The SMILES string of the molecule is CC(NC(=O)Nc1ccccc1N[SH](=O)=O)(C(F)(F)F)C(F)(F)F. The highest BCUT2D eigenvalue weighted by molar-refractivity contribution is 7.73. The largest absolute Gasteiger partial charge is 0.420 e. The Morgan fingerprint density at radius 2 is 1.42 bits per heavy atom. The maximum absolute atomic E-state index is 12.7. The summed E-state index contributed by atoms with van der Waals surface area (Å²) in [7, 11) is -3.16. The molecule has 0 spiro atoms. The van der Waals surface area contributed by atoms with Gasteiger partial charge in [-0.25, -0.2) is 13.2 Å². The number of carbonyl (C=O) groups excluding carboxylic acids is 1. The number of thiol groups is 1. The summed E-state index contributed by atoms with van der Waals surface area (Å²) in [5.74, 6) is 0. The summed E-state index contributed by atoms with van der Waals surface area (Å²) in [5, 5.41) is 2.56. The fraction of sp³-hybridized carbons (Fsp3) is 0.364. The third kappa shape index (κ3) is 4.43. The van der Waals surface area contributed by atoms with Gasteiger partial charge in [0.2, 0.25) is 16.4 Å². The maximum Gasteiger partial charge on any atom is 0.420 e. The van der Waals surface area contributed by atoms with Gasteiger partial charge in [0, 0.05) is 0 Å². The van der Waals surface area contributed by atoms with Crippen molar-refractivity contribution in [3.05, 3.63) is 24.3 Å². The summed E-state index contributed by atoms with van der Waals surface area (Å²) in [4.78, 5) is 11.6. The normalized spacial score (nSPS) is 12.8. The van der Waals surface area contributed by atoms with Crippen molar-refractivity contribution in [2.45, 2.75) is 24.8 Å². The van der Waals surface area contributed by atoms with E-state index in [2.05, 4.69) is 0 Å². The van der Waals surface area contributed by atoms with Crippen LogP contribution in [0.2, 0.25) is 0 Å². The van der Waals surface area contributed by atoms with E-state index < -0.39 is 34.8 Å². The van der Waals surface area contributed by atoms with Crippen molar-refractivity contribution in [1.29, 1.82) is 0 Å². The molecule has 0 heterocycles. The Balaban J connectivity index is 3.05. The third-order valence-corrected chi connectivity index (χ3v) is 3.31. The van der Waals surface area contributed by atoms with Gasteiger partial charge < -0.3 is 10.6 Å². The van der Waals surface area contributed by atoms with Gasteiger partial charge in [-0.05, 0) is 19.1 Å². The van der Waals surface area contributed by atoms with Crippen LogP contribution in [0.15, 0.2) is 24.3 Å². The number of rotatable bonds is 4. The number of hydrogen-bond donors (Lipinski definition) is 4. The topological polar surface area (TPSA) is 87.3 Å². The number of halogens is 6. The first-order valence-electron chi connectivity index (χ1n) is 6.00. The molecule has 1 aromatic carbocycles. The molecule has 0 atom stereocenters. The van der Waals surface area contributed by atoms with Crippen molar-refractivity contribution in [2.24, 2.45) is 0 Å². The molecule has 0 radical (unpaired) electrons. The van der Waals surface area contributed by atoms with Crippen molar-refractivity contribution >= 4 is 28.3 Å². The van der Waals surface area contributed by atoms with Gasteiger partial charge in [-0.1, -0.05) is 12.1 Å². The van der Waals surface area contributed by atoms with Crippen molar-refractivity contribution in [2.75, 3.05) is 10.0 Å².